The van der Waals surface area contributed by atoms with Gasteiger partial charge in [-0.15, -0.1) is 0 Å². The molecule has 0 aliphatic carbocycles. The molecule has 112 valence electrons. The molecule has 0 aliphatic rings. The number of hydrazine groups is 1. The fourth-order valence-corrected chi connectivity index (χ4v) is 2.81. The number of halogens is 1. The molecule has 0 radical (unpaired) electrons. The lowest BCUT2D eigenvalue weighted by Gasteiger charge is -2.18. The largest absolute Gasteiger partial charge is 0.395 e. The average Bonchev–Trinajstić information content (AvgIpc) is 2.37. The number of likely N-dealkylation sites (N-methyl/N-ethyl adjacent to an activating group) is 1. The van der Waals surface area contributed by atoms with Gasteiger partial charge in [-0.25, -0.2) is 12.8 Å². The molecule has 0 saturated carbocycles. The minimum Gasteiger partial charge on any atom is -0.395 e. The Morgan fingerprint density at radius 2 is 2.15 bits per heavy atom. The van der Waals surface area contributed by atoms with Crippen LogP contribution >= 0.6 is 0 Å². The molecule has 0 aromatic heterocycles. The van der Waals surface area contributed by atoms with Gasteiger partial charge >= 0.3 is 0 Å². The van der Waals surface area contributed by atoms with Crippen molar-refractivity contribution in [3.8, 4) is 0 Å². The molecule has 0 unspecified atom stereocenters. The summed E-state index contributed by atoms with van der Waals surface area (Å²) in [6.45, 7) is -0.724. The molecule has 0 heterocycles. The Bertz CT molecular complexity index is 621. The van der Waals surface area contributed by atoms with E-state index in [0.717, 1.165) is 13.1 Å². The monoisotopic (exact) mass is 308 g/mol. The van der Waals surface area contributed by atoms with E-state index in [0.29, 0.717) is 10.4 Å². The van der Waals surface area contributed by atoms with Crippen molar-refractivity contribution >= 4 is 21.4 Å². The number of benzene rings is 1. The Labute approximate surface area is 114 Å². The second-order valence-corrected chi connectivity index (χ2v) is 5.74. The Hall–Kier alpha value is -1.82. The minimum atomic E-state index is -4.28. The molecular weight excluding hydrogens is 295 g/mol. The van der Waals surface area contributed by atoms with Crippen molar-refractivity contribution in [3.05, 3.63) is 28.1 Å². The third-order valence-electron chi connectivity index (χ3n) is 2.48. The number of nitro benzene ring substituents is 1. The highest BCUT2D eigenvalue weighted by molar-refractivity contribution is 7.89. The highest BCUT2D eigenvalue weighted by atomic mass is 32.2. The predicted molar refractivity (Wildman–Crippen MR) is 67.8 cm³/mol. The molecule has 1 aromatic rings. The first-order valence-electron chi connectivity index (χ1n) is 5.27. The average molecular weight is 308 g/mol. The maximum Gasteiger partial charge on any atom is 0.274 e. The van der Waals surface area contributed by atoms with Crippen LogP contribution in [-0.4, -0.2) is 43.0 Å². The Morgan fingerprint density at radius 3 is 2.60 bits per heavy atom. The van der Waals surface area contributed by atoms with Crippen LogP contribution in [0.4, 0.5) is 15.8 Å². The molecule has 0 fully saturated rings. The van der Waals surface area contributed by atoms with Crippen LogP contribution in [0.5, 0.6) is 0 Å². The van der Waals surface area contributed by atoms with Crippen LogP contribution in [0, 0.1) is 15.9 Å². The summed E-state index contributed by atoms with van der Waals surface area (Å²) < 4.78 is 38.8. The van der Waals surface area contributed by atoms with Gasteiger partial charge in [0.15, 0.2) is 5.82 Å². The van der Waals surface area contributed by atoms with Gasteiger partial charge in [0.05, 0.1) is 23.3 Å². The van der Waals surface area contributed by atoms with Crippen molar-refractivity contribution in [1.29, 1.82) is 0 Å². The van der Waals surface area contributed by atoms with Gasteiger partial charge in [-0.2, -0.15) is 4.31 Å². The molecule has 4 N–H and O–H groups in total. The van der Waals surface area contributed by atoms with Crippen LogP contribution in [-0.2, 0) is 10.0 Å². The highest BCUT2D eigenvalue weighted by Gasteiger charge is 2.30. The molecule has 0 atom stereocenters. The zero-order valence-corrected chi connectivity index (χ0v) is 11.2. The topological polar surface area (TPSA) is 139 Å². The van der Waals surface area contributed by atoms with Gasteiger partial charge in [0.1, 0.15) is 4.90 Å². The molecule has 20 heavy (non-hydrogen) atoms. The third kappa shape index (κ3) is 3.01. The van der Waals surface area contributed by atoms with E-state index in [2.05, 4.69) is 0 Å². The summed E-state index contributed by atoms with van der Waals surface area (Å²) in [4.78, 5) is 8.90. The van der Waals surface area contributed by atoms with Crippen molar-refractivity contribution in [2.45, 2.75) is 4.90 Å². The standard InChI is InChI=1S/C9H13FN4O5S/c1-13(2-3-15)20(18,19)9-7(10)4-6(14(16)17)5-8(9)12-11/h4-5,12,15H,2-3,11H2,1H3. The third-order valence-corrected chi connectivity index (χ3v) is 4.41. The summed E-state index contributed by atoms with van der Waals surface area (Å²) in [6, 6.07) is 1.29. The summed E-state index contributed by atoms with van der Waals surface area (Å²) in [7, 11) is -3.15. The molecule has 1 aromatic carbocycles. The first-order valence-corrected chi connectivity index (χ1v) is 6.71. The maximum atomic E-state index is 13.9. The molecule has 0 bridgehead atoms. The number of hydrogen-bond donors (Lipinski definition) is 3. The number of aliphatic hydroxyl groups is 1. The Morgan fingerprint density at radius 1 is 1.55 bits per heavy atom. The number of nitrogens with zero attached hydrogens (tertiary/aromatic N) is 2. The number of non-ortho nitro benzene ring substituents is 1. The molecule has 9 nitrogen and oxygen atoms in total. The molecular formula is C9H13FN4O5S. The zero-order chi connectivity index (χ0) is 15.5. The van der Waals surface area contributed by atoms with Crippen molar-refractivity contribution in [2.75, 3.05) is 25.6 Å². The predicted octanol–water partition coefficient (Wildman–Crippen LogP) is -0.368. The Balaban J connectivity index is 3.49. The molecule has 0 saturated heterocycles. The van der Waals surface area contributed by atoms with E-state index in [1.54, 1.807) is 0 Å². The molecule has 1 rings (SSSR count). The first kappa shape index (κ1) is 16.2. The van der Waals surface area contributed by atoms with Crippen molar-refractivity contribution in [1.82, 2.24) is 4.31 Å². The van der Waals surface area contributed by atoms with Crippen molar-refractivity contribution in [3.63, 3.8) is 0 Å². The second-order valence-electron chi connectivity index (χ2n) is 3.76. The lowest BCUT2D eigenvalue weighted by atomic mass is 10.3. The highest BCUT2D eigenvalue weighted by Crippen LogP contribution is 2.30. The van der Waals surface area contributed by atoms with E-state index in [4.69, 9.17) is 10.9 Å². The van der Waals surface area contributed by atoms with Crippen LogP contribution in [0.1, 0.15) is 0 Å². The number of nitrogens with two attached hydrogens (primary N) is 1. The number of nitro groups is 1. The van der Waals surface area contributed by atoms with Crippen LogP contribution in [0.25, 0.3) is 0 Å². The van der Waals surface area contributed by atoms with Gasteiger partial charge < -0.3 is 10.5 Å². The smallest absolute Gasteiger partial charge is 0.274 e. The van der Waals surface area contributed by atoms with E-state index >= 15 is 0 Å². The summed E-state index contributed by atoms with van der Waals surface area (Å²) >= 11 is 0. The molecule has 0 spiro atoms. The second kappa shape index (κ2) is 6.09. The van der Waals surface area contributed by atoms with Gasteiger partial charge in [-0.05, 0) is 0 Å². The fraction of sp³-hybridized carbons (Fsp3) is 0.333. The van der Waals surface area contributed by atoms with E-state index in [-0.39, 0.29) is 6.54 Å². The van der Waals surface area contributed by atoms with Crippen LogP contribution in [0.15, 0.2) is 17.0 Å². The minimum absolute atomic E-state index is 0.261. The van der Waals surface area contributed by atoms with E-state index in [1.165, 1.54) is 0 Å². The number of rotatable bonds is 6. The van der Waals surface area contributed by atoms with Crippen molar-refractivity contribution < 1.29 is 22.8 Å². The summed E-state index contributed by atoms with van der Waals surface area (Å²) in [5, 5.41) is 19.3. The quantitative estimate of drug-likeness (QED) is 0.370. The van der Waals surface area contributed by atoms with Gasteiger partial charge in [-0.1, -0.05) is 0 Å². The molecule has 11 heteroatoms. The Kier molecular flexibility index (Phi) is 4.94. The van der Waals surface area contributed by atoms with Gasteiger partial charge in [0.2, 0.25) is 10.0 Å². The molecule has 0 aliphatic heterocycles. The summed E-state index contributed by atoms with van der Waals surface area (Å²) in [6.07, 6.45) is 0. The first-order chi connectivity index (χ1) is 9.25. The van der Waals surface area contributed by atoms with Gasteiger partial charge in [0, 0.05) is 19.7 Å². The van der Waals surface area contributed by atoms with E-state index in [1.807, 2.05) is 5.43 Å². The lowest BCUT2D eigenvalue weighted by Crippen LogP contribution is -2.31. The van der Waals surface area contributed by atoms with Crippen LogP contribution in [0.2, 0.25) is 0 Å². The van der Waals surface area contributed by atoms with E-state index < -0.39 is 43.6 Å². The number of aliphatic hydroxyl groups excluding tert-OH is 1. The molecule has 0 amide bonds. The van der Waals surface area contributed by atoms with Crippen LogP contribution in [0.3, 0.4) is 0 Å². The normalized spacial score (nSPS) is 11.7. The fourth-order valence-electron chi connectivity index (χ4n) is 1.47. The number of sulfonamides is 1. The summed E-state index contributed by atoms with van der Waals surface area (Å²) in [5.74, 6) is 3.78. The van der Waals surface area contributed by atoms with Crippen LogP contribution < -0.4 is 11.3 Å². The lowest BCUT2D eigenvalue weighted by molar-refractivity contribution is -0.385. The maximum absolute atomic E-state index is 13.9. The number of nitrogens with one attached hydrogen (secondary N) is 1. The number of anilines is 1. The number of hydrogen-bond acceptors (Lipinski definition) is 7. The zero-order valence-electron chi connectivity index (χ0n) is 10.4. The SMILES string of the molecule is CN(CCO)S(=O)(=O)c1c(F)cc([N+](=O)[O-])cc1NN. The van der Waals surface area contributed by atoms with Crippen molar-refractivity contribution in [2.24, 2.45) is 5.84 Å². The number of nitrogen functional groups attached to an aromatic ring is 1. The van der Waals surface area contributed by atoms with Gasteiger partial charge in [-0.3, -0.25) is 16.0 Å². The summed E-state index contributed by atoms with van der Waals surface area (Å²) in [5.41, 5.74) is 0.839. The van der Waals surface area contributed by atoms with E-state index in [9.17, 15) is 22.9 Å². The van der Waals surface area contributed by atoms with Gasteiger partial charge in [0.25, 0.3) is 5.69 Å².